The number of alkyl halides is 1. The number of hydrogen-bond acceptors (Lipinski definition) is 9. The highest BCUT2D eigenvalue weighted by atomic mass is 35.5. The molecule has 34 heavy (non-hydrogen) atoms. The molecule has 0 spiro atoms. The summed E-state index contributed by atoms with van der Waals surface area (Å²) in [6.45, 7) is 3.42. The highest BCUT2D eigenvalue weighted by molar-refractivity contribution is 6.32. The van der Waals surface area contributed by atoms with E-state index in [1.807, 2.05) is 0 Å². The molecular weight excluding hydrogens is 470 g/mol. The van der Waals surface area contributed by atoms with E-state index in [2.05, 4.69) is 0 Å². The summed E-state index contributed by atoms with van der Waals surface area (Å²) in [4.78, 5) is 50.4. The lowest BCUT2D eigenvalue weighted by Gasteiger charge is -2.45. The molecule has 0 bridgehead atoms. The third-order valence-corrected chi connectivity index (χ3v) is 7.61. The summed E-state index contributed by atoms with van der Waals surface area (Å²) >= 11 is 6.00. The van der Waals surface area contributed by atoms with Crippen LogP contribution in [-0.4, -0.2) is 60.3 Å². The van der Waals surface area contributed by atoms with E-state index >= 15 is 0 Å². The van der Waals surface area contributed by atoms with E-state index in [1.54, 1.807) is 13.8 Å². The summed E-state index contributed by atoms with van der Waals surface area (Å²) in [6, 6.07) is 2.82. The largest absolute Gasteiger partial charge is 0.507 e. The van der Waals surface area contributed by atoms with Crippen LogP contribution in [0.4, 0.5) is 0 Å². The van der Waals surface area contributed by atoms with Gasteiger partial charge in [0.15, 0.2) is 23.1 Å². The molecule has 0 saturated heterocycles. The van der Waals surface area contributed by atoms with Gasteiger partial charge in [0, 0.05) is 40.1 Å². The molecule has 1 unspecified atom stereocenters. The molecule has 1 amide bonds. The van der Waals surface area contributed by atoms with Crippen LogP contribution in [0, 0.1) is 11.8 Å². The van der Waals surface area contributed by atoms with Crippen molar-refractivity contribution in [2.45, 2.75) is 37.4 Å². The normalized spacial score (nSPS) is 27.0. The molecule has 4 rings (SSSR count). The van der Waals surface area contributed by atoms with Crippen LogP contribution >= 0.6 is 11.6 Å². The monoisotopic (exact) mass is 491 g/mol. The SMILES string of the molecule is CC(C)(CCl)c1ccc2c(O)c3c(c(O)c2c1O)C(=O)[C@]1(O)C(=O)C(C(N)=O)C(=O)C[C@@H]1[C@H]3O. The Bertz CT molecular complexity index is 1320. The smallest absolute Gasteiger partial charge is 0.235 e. The van der Waals surface area contributed by atoms with Crippen molar-refractivity contribution in [3.63, 3.8) is 0 Å². The van der Waals surface area contributed by atoms with Gasteiger partial charge in [-0.3, -0.25) is 19.2 Å². The highest BCUT2D eigenvalue weighted by Gasteiger charge is 2.65. The summed E-state index contributed by atoms with van der Waals surface area (Å²) in [5.41, 5.74) is 0.223. The highest BCUT2D eigenvalue weighted by Crippen LogP contribution is 2.56. The zero-order chi connectivity index (χ0) is 25.5. The minimum absolute atomic E-state index is 0.0693. The fraction of sp³-hybridized carbons (Fsp3) is 0.391. The summed E-state index contributed by atoms with van der Waals surface area (Å²) in [7, 11) is 0. The standard InChI is InChI=1S/C23H22ClNO9/c1-22(2,6-24)8-4-3-7-11(16(8)28)18(30)14-13(15(7)27)17(29)9-5-10(26)12(21(25)33)19(31)23(9,34)20(14)32/h3-4,9,12,17,27-30,34H,5-6H2,1-2H3,(H2,25,33)/t9-,12?,17-,23-/m1/s1. The first-order valence-corrected chi connectivity index (χ1v) is 10.9. The number of benzene rings is 2. The van der Waals surface area contributed by atoms with Gasteiger partial charge in [0.2, 0.25) is 11.7 Å². The third-order valence-electron chi connectivity index (χ3n) is 6.95. The second-order valence-electron chi connectivity index (χ2n) is 9.40. The number of aliphatic hydroxyl groups excluding tert-OH is 1. The van der Waals surface area contributed by atoms with Crippen LogP contribution in [0.5, 0.6) is 17.2 Å². The summed E-state index contributed by atoms with van der Waals surface area (Å²) in [6.07, 6.45) is -2.70. The van der Waals surface area contributed by atoms with Crippen molar-refractivity contribution in [1.82, 2.24) is 0 Å². The molecule has 2 aliphatic rings. The Kier molecular flexibility index (Phi) is 5.20. The molecule has 0 aromatic heterocycles. The van der Waals surface area contributed by atoms with Gasteiger partial charge < -0.3 is 31.3 Å². The van der Waals surface area contributed by atoms with Gasteiger partial charge in [-0.15, -0.1) is 11.6 Å². The van der Waals surface area contributed by atoms with Crippen molar-refractivity contribution >= 4 is 45.6 Å². The Morgan fingerprint density at radius 3 is 2.32 bits per heavy atom. The number of hydrogen-bond donors (Lipinski definition) is 6. The first-order valence-electron chi connectivity index (χ1n) is 10.3. The van der Waals surface area contributed by atoms with E-state index in [9.17, 15) is 44.7 Å². The minimum atomic E-state index is -3.07. The number of primary amides is 1. The van der Waals surface area contributed by atoms with E-state index in [4.69, 9.17) is 17.3 Å². The quantitative estimate of drug-likeness (QED) is 0.203. The predicted molar refractivity (Wildman–Crippen MR) is 118 cm³/mol. The molecule has 0 heterocycles. The van der Waals surface area contributed by atoms with Gasteiger partial charge in [-0.05, 0) is 6.07 Å². The van der Waals surface area contributed by atoms with Crippen LogP contribution in [0.15, 0.2) is 12.1 Å². The van der Waals surface area contributed by atoms with Crippen molar-refractivity contribution < 1.29 is 44.7 Å². The molecule has 2 aromatic carbocycles. The van der Waals surface area contributed by atoms with E-state index in [0.29, 0.717) is 0 Å². The maximum atomic E-state index is 13.5. The van der Waals surface area contributed by atoms with Crippen LogP contribution in [0.3, 0.4) is 0 Å². The number of halogens is 1. The van der Waals surface area contributed by atoms with Crippen LogP contribution in [0.2, 0.25) is 0 Å². The first-order chi connectivity index (χ1) is 15.7. The fourth-order valence-corrected chi connectivity index (χ4v) is 5.16. The van der Waals surface area contributed by atoms with Gasteiger partial charge in [0.25, 0.3) is 0 Å². The zero-order valence-corrected chi connectivity index (χ0v) is 18.9. The number of phenolic OH excluding ortho intramolecular Hbond substituents is 3. The second-order valence-corrected chi connectivity index (χ2v) is 9.67. The predicted octanol–water partition coefficient (Wildman–Crippen LogP) is 0.693. The topological polar surface area (TPSA) is 195 Å². The number of rotatable bonds is 3. The molecular formula is C23H22ClNO9. The lowest BCUT2D eigenvalue weighted by molar-refractivity contribution is -0.163. The molecule has 0 radical (unpaired) electrons. The number of amides is 1. The van der Waals surface area contributed by atoms with Crippen LogP contribution < -0.4 is 5.73 Å². The second kappa shape index (κ2) is 7.39. The fourth-order valence-electron chi connectivity index (χ4n) is 5.01. The summed E-state index contributed by atoms with van der Waals surface area (Å²) in [5.74, 6) is -11.2. The number of fused-ring (bicyclic) bond motifs is 3. The van der Waals surface area contributed by atoms with Gasteiger partial charge in [0.05, 0.1) is 17.1 Å². The molecule has 1 saturated carbocycles. The molecule has 11 heteroatoms. The van der Waals surface area contributed by atoms with Crippen LogP contribution in [-0.2, 0) is 19.8 Å². The molecule has 180 valence electrons. The minimum Gasteiger partial charge on any atom is -0.507 e. The number of phenols is 3. The average molecular weight is 492 g/mol. The Labute approximate surface area is 197 Å². The average Bonchev–Trinajstić information content (AvgIpc) is 2.76. The van der Waals surface area contributed by atoms with Crippen molar-refractivity contribution in [1.29, 1.82) is 0 Å². The Morgan fingerprint density at radius 1 is 1.15 bits per heavy atom. The number of Topliss-reactive ketones (excluding diaryl/α,β-unsaturated/α-hetero) is 3. The molecule has 2 aliphatic carbocycles. The van der Waals surface area contributed by atoms with Gasteiger partial charge in [-0.25, -0.2) is 0 Å². The van der Waals surface area contributed by atoms with Gasteiger partial charge >= 0.3 is 0 Å². The molecule has 2 aromatic rings. The Morgan fingerprint density at radius 2 is 1.76 bits per heavy atom. The number of aliphatic hydroxyl groups is 2. The van der Waals surface area contributed by atoms with Crippen molar-refractivity contribution in [2.75, 3.05) is 5.88 Å². The first kappa shape index (κ1) is 23.9. The molecule has 0 aliphatic heterocycles. The Balaban J connectivity index is 2.07. The maximum Gasteiger partial charge on any atom is 0.235 e. The summed E-state index contributed by atoms with van der Waals surface area (Å²) < 4.78 is 0. The van der Waals surface area contributed by atoms with E-state index < -0.39 is 87.0 Å². The van der Waals surface area contributed by atoms with E-state index in [-0.39, 0.29) is 22.2 Å². The number of aromatic hydroxyl groups is 3. The molecule has 10 nitrogen and oxygen atoms in total. The van der Waals surface area contributed by atoms with Crippen molar-refractivity contribution in [3.8, 4) is 17.2 Å². The number of ketones is 3. The molecule has 1 fully saturated rings. The van der Waals surface area contributed by atoms with E-state index in [1.165, 1.54) is 12.1 Å². The van der Waals surface area contributed by atoms with Crippen molar-refractivity contribution in [2.24, 2.45) is 17.6 Å². The molecule has 4 atom stereocenters. The number of nitrogens with two attached hydrogens (primary N) is 1. The van der Waals surface area contributed by atoms with E-state index in [0.717, 1.165) is 0 Å². The van der Waals surface area contributed by atoms with Crippen LogP contribution in [0.1, 0.15) is 47.9 Å². The summed E-state index contributed by atoms with van der Waals surface area (Å²) in [5, 5.41) is 54.6. The lowest BCUT2D eigenvalue weighted by atomic mass is 9.59. The zero-order valence-electron chi connectivity index (χ0n) is 18.1. The van der Waals surface area contributed by atoms with Gasteiger partial charge in [0.1, 0.15) is 17.2 Å². The lowest BCUT2D eigenvalue weighted by Crippen LogP contribution is -2.65. The number of carbonyl (C=O) groups excluding carboxylic acids is 4. The Hall–Kier alpha value is -3.21. The van der Waals surface area contributed by atoms with Crippen molar-refractivity contribution in [3.05, 3.63) is 28.8 Å². The molecule has 7 N–H and O–H groups in total. The third kappa shape index (κ3) is 2.82. The number of carbonyl (C=O) groups is 4. The van der Waals surface area contributed by atoms with Gasteiger partial charge in [-0.1, -0.05) is 19.9 Å². The maximum absolute atomic E-state index is 13.5. The van der Waals surface area contributed by atoms with Gasteiger partial charge in [-0.2, -0.15) is 0 Å². The van der Waals surface area contributed by atoms with Crippen LogP contribution in [0.25, 0.3) is 10.8 Å².